The Balaban J connectivity index is 2.15. The minimum atomic E-state index is 0.0167. The van der Waals surface area contributed by atoms with Gasteiger partial charge < -0.3 is 10.1 Å². The van der Waals surface area contributed by atoms with Crippen LogP contribution in [-0.4, -0.2) is 13.0 Å². The van der Waals surface area contributed by atoms with Crippen molar-refractivity contribution in [3.8, 4) is 11.8 Å². The zero-order chi connectivity index (χ0) is 13.3. The van der Waals surface area contributed by atoms with E-state index in [1.165, 1.54) is 7.11 Å². The Hall–Kier alpha value is -2.02. The maximum absolute atomic E-state index is 12.0. The molecule has 0 saturated heterocycles. The Labute approximate surface area is 107 Å². The second kappa shape index (κ2) is 4.34. The average molecular weight is 244 g/mol. The number of benzene rings is 1. The standard InChI is InChI=1S/C14H16N2O2/c1-14(2)7-10(14)13(17)16-11-5-4-9(8-15)6-12(11)18-3/h4-6,10H,7H2,1-3H3,(H,16,17). The van der Waals surface area contributed by atoms with E-state index in [9.17, 15) is 4.79 Å². The minimum Gasteiger partial charge on any atom is -0.495 e. The number of nitrogens with one attached hydrogen (secondary N) is 1. The lowest BCUT2D eigenvalue weighted by molar-refractivity contribution is -0.118. The summed E-state index contributed by atoms with van der Waals surface area (Å²) in [6.07, 6.45) is 0.914. The second-order valence-electron chi connectivity index (χ2n) is 5.26. The molecule has 0 heterocycles. The molecular formula is C14H16N2O2. The summed E-state index contributed by atoms with van der Waals surface area (Å²) in [5.41, 5.74) is 1.23. The number of rotatable bonds is 3. The van der Waals surface area contributed by atoms with Crippen molar-refractivity contribution >= 4 is 11.6 Å². The minimum absolute atomic E-state index is 0.0167. The van der Waals surface area contributed by atoms with E-state index in [0.717, 1.165) is 6.42 Å². The van der Waals surface area contributed by atoms with Crippen LogP contribution in [0.2, 0.25) is 0 Å². The summed E-state index contributed by atoms with van der Waals surface area (Å²) in [6, 6.07) is 7.02. The van der Waals surface area contributed by atoms with Gasteiger partial charge in [-0.25, -0.2) is 0 Å². The number of carbonyl (C=O) groups excluding carboxylic acids is 1. The summed E-state index contributed by atoms with van der Waals surface area (Å²) in [7, 11) is 1.52. The highest BCUT2D eigenvalue weighted by Crippen LogP contribution is 2.52. The molecule has 1 saturated carbocycles. The number of hydrogen-bond donors (Lipinski definition) is 1. The predicted molar refractivity (Wildman–Crippen MR) is 68.2 cm³/mol. The van der Waals surface area contributed by atoms with Gasteiger partial charge in [0.2, 0.25) is 5.91 Å². The smallest absolute Gasteiger partial charge is 0.228 e. The molecule has 1 atom stereocenters. The molecule has 0 bridgehead atoms. The van der Waals surface area contributed by atoms with Crippen molar-refractivity contribution in [2.45, 2.75) is 20.3 Å². The molecule has 0 aromatic heterocycles. The van der Waals surface area contributed by atoms with Crippen molar-refractivity contribution in [1.82, 2.24) is 0 Å². The monoisotopic (exact) mass is 244 g/mol. The van der Waals surface area contributed by atoms with E-state index >= 15 is 0 Å². The van der Waals surface area contributed by atoms with Crippen LogP contribution in [0, 0.1) is 22.7 Å². The summed E-state index contributed by atoms with van der Waals surface area (Å²) in [5.74, 6) is 0.599. The van der Waals surface area contributed by atoms with Crippen LogP contribution in [0.3, 0.4) is 0 Å². The van der Waals surface area contributed by atoms with E-state index in [1.807, 2.05) is 6.07 Å². The van der Waals surface area contributed by atoms with E-state index in [-0.39, 0.29) is 17.2 Å². The summed E-state index contributed by atoms with van der Waals surface area (Å²) in [5, 5.41) is 11.7. The van der Waals surface area contributed by atoms with Crippen molar-refractivity contribution in [1.29, 1.82) is 5.26 Å². The van der Waals surface area contributed by atoms with Crippen LogP contribution >= 0.6 is 0 Å². The third kappa shape index (κ3) is 2.30. The molecule has 1 aliphatic rings. The number of methoxy groups -OCH3 is 1. The summed E-state index contributed by atoms with van der Waals surface area (Å²) in [4.78, 5) is 12.0. The van der Waals surface area contributed by atoms with Crippen LogP contribution in [0.25, 0.3) is 0 Å². The Kier molecular flexibility index (Phi) is 3.00. The molecular weight excluding hydrogens is 228 g/mol. The Morgan fingerprint density at radius 2 is 2.22 bits per heavy atom. The largest absolute Gasteiger partial charge is 0.495 e. The Morgan fingerprint density at radius 3 is 2.72 bits per heavy atom. The van der Waals surface area contributed by atoms with Crippen molar-refractivity contribution in [2.75, 3.05) is 12.4 Å². The van der Waals surface area contributed by atoms with Gasteiger partial charge in [-0.2, -0.15) is 5.26 Å². The molecule has 0 spiro atoms. The number of nitrogens with zero attached hydrogens (tertiary/aromatic N) is 1. The van der Waals surface area contributed by atoms with Gasteiger partial charge in [0, 0.05) is 12.0 Å². The quantitative estimate of drug-likeness (QED) is 0.888. The van der Waals surface area contributed by atoms with Gasteiger partial charge in [-0.3, -0.25) is 4.79 Å². The Bertz CT molecular complexity index is 529. The van der Waals surface area contributed by atoms with Gasteiger partial charge >= 0.3 is 0 Å². The molecule has 0 aliphatic heterocycles. The van der Waals surface area contributed by atoms with Gasteiger partial charge in [-0.15, -0.1) is 0 Å². The van der Waals surface area contributed by atoms with E-state index in [2.05, 4.69) is 19.2 Å². The van der Waals surface area contributed by atoms with Crippen LogP contribution in [-0.2, 0) is 4.79 Å². The highest BCUT2D eigenvalue weighted by atomic mass is 16.5. The third-order valence-electron chi connectivity index (χ3n) is 3.42. The molecule has 2 rings (SSSR count). The maximum Gasteiger partial charge on any atom is 0.228 e. The van der Waals surface area contributed by atoms with Crippen LogP contribution < -0.4 is 10.1 Å². The number of ether oxygens (including phenoxy) is 1. The summed E-state index contributed by atoms with van der Waals surface area (Å²) >= 11 is 0. The van der Waals surface area contributed by atoms with Gasteiger partial charge in [0.25, 0.3) is 0 Å². The maximum atomic E-state index is 12.0. The van der Waals surface area contributed by atoms with Crippen LogP contribution in [0.5, 0.6) is 5.75 Å². The van der Waals surface area contributed by atoms with Gasteiger partial charge in [-0.1, -0.05) is 13.8 Å². The van der Waals surface area contributed by atoms with Gasteiger partial charge in [-0.05, 0) is 24.0 Å². The molecule has 94 valence electrons. The van der Waals surface area contributed by atoms with Crippen molar-refractivity contribution < 1.29 is 9.53 Å². The van der Waals surface area contributed by atoms with Crippen LogP contribution in [0.15, 0.2) is 18.2 Å². The fourth-order valence-electron chi connectivity index (χ4n) is 2.00. The van der Waals surface area contributed by atoms with Crippen molar-refractivity contribution in [2.24, 2.45) is 11.3 Å². The molecule has 1 aromatic rings. The second-order valence-corrected chi connectivity index (χ2v) is 5.26. The number of amides is 1. The molecule has 1 N–H and O–H groups in total. The Morgan fingerprint density at radius 1 is 1.56 bits per heavy atom. The fourth-order valence-corrected chi connectivity index (χ4v) is 2.00. The van der Waals surface area contributed by atoms with Gasteiger partial charge in [0.05, 0.1) is 24.4 Å². The molecule has 1 aliphatic carbocycles. The molecule has 1 fully saturated rings. The van der Waals surface area contributed by atoms with Gasteiger partial charge in [0.1, 0.15) is 5.75 Å². The molecule has 1 amide bonds. The number of hydrogen-bond acceptors (Lipinski definition) is 3. The lowest BCUT2D eigenvalue weighted by Crippen LogP contribution is -2.17. The van der Waals surface area contributed by atoms with Crippen LogP contribution in [0.1, 0.15) is 25.8 Å². The van der Waals surface area contributed by atoms with Crippen molar-refractivity contribution in [3.63, 3.8) is 0 Å². The molecule has 4 nitrogen and oxygen atoms in total. The van der Waals surface area contributed by atoms with Gasteiger partial charge in [0.15, 0.2) is 0 Å². The highest BCUT2D eigenvalue weighted by molar-refractivity contribution is 5.96. The molecule has 18 heavy (non-hydrogen) atoms. The van der Waals surface area contributed by atoms with Crippen LogP contribution in [0.4, 0.5) is 5.69 Å². The molecule has 4 heteroatoms. The highest BCUT2D eigenvalue weighted by Gasteiger charge is 2.50. The number of carbonyl (C=O) groups is 1. The first-order chi connectivity index (χ1) is 8.47. The average Bonchev–Trinajstić information content (AvgIpc) is 2.99. The topological polar surface area (TPSA) is 62.1 Å². The SMILES string of the molecule is COc1cc(C#N)ccc1NC(=O)C1CC1(C)C. The van der Waals surface area contributed by atoms with E-state index in [0.29, 0.717) is 17.0 Å². The fraction of sp³-hybridized carbons (Fsp3) is 0.429. The molecule has 1 aromatic carbocycles. The lowest BCUT2D eigenvalue weighted by Gasteiger charge is -2.11. The zero-order valence-electron chi connectivity index (χ0n) is 10.8. The molecule has 1 unspecified atom stereocenters. The first-order valence-corrected chi connectivity index (χ1v) is 5.87. The van der Waals surface area contributed by atoms with E-state index in [1.54, 1.807) is 18.2 Å². The number of anilines is 1. The first-order valence-electron chi connectivity index (χ1n) is 5.87. The van der Waals surface area contributed by atoms with E-state index in [4.69, 9.17) is 10.00 Å². The first kappa shape index (κ1) is 12.4. The predicted octanol–water partition coefficient (Wildman–Crippen LogP) is 2.55. The van der Waals surface area contributed by atoms with E-state index < -0.39 is 0 Å². The number of nitriles is 1. The lowest BCUT2D eigenvalue weighted by atomic mass is 10.1. The molecule has 0 radical (unpaired) electrons. The summed E-state index contributed by atoms with van der Waals surface area (Å²) < 4.78 is 5.17. The zero-order valence-corrected chi connectivity index (χ0v) is 10.8. The van der Waals surface area contributed by atoms with Crippen molar-refractivity contribution in [3.05, 3.63) is 23.8 Å². The normalized spacial score (nSPS) is 19.8. The summed E-state index contributed by atoms with van der Waals surface area (Å²) in [6.45, 7) is 4.15. The third-order valence-corrected chi connectivity index (χ3v) is 3.42.